The van der Waals surface area contributed by atoms with Crippen molar-refractivity contribution < 1.29 is 74.9 Å². The molecule has 7 heterocycles. The van der Waals surface area contributed by atoms with Crippen molar-refractivity contribution in [2.75, 3.05) is 198 Å². The molecule has 0 bridgehead atoms. The average Bonchev–Trinajstić information content (AvgIpc) is 2.88. The van der Waals surface area contributed by atoms with Crippen molar-refractivity contribution in [1.29, 1.82) is 0 Å². The van der Waals surface area contributed by atoms with Gasteiger partial charge < -0.3 is 55.1 Å². The number of fused-ring (bicyclic) bond motifs is 4. The molecule has 3 saturated heterocycles. The summed E-state index contributed by atoms with van der Waals surface area (Å²) in [5, 5.41) is 4.17. The van der Waals surface area contributed by atoms with Gasteiger partial charge in [0.05, 0.1) is 25.6 Å². The van der Waals surface area contributed by atoms with Crippen LogP contribution >= 0.6 is 39.1 Å². The number of anilines is 3. The van der Waals surface area contributed by atoms with Crippen molar-refractivity contribution in [1.82, 2.24) is 29.8 Å². The summed E-state index contributed by atoms with van der Waals surface area (Å²) in [5.74, 6) is 4.63. The van der Waals surface area contributed by atoms with Crippen LogP contribution in [0, 0.1) is 27.7 Å². The van der Waals surface area contributed by atoms with Crippen LogP contribution in [0.5, 0.6) is 23.0 Å². The molecule has 3 amide bonds. The smallest absolute Gasteiger partial charge is 1.00 e. The van der Waals surface area contributed by atoms with Gasteiger partial charge in [0, 0.05) is 140 Å². The molecule has 3 fully saturated rings. The number of Topliss-reactive ketones (excluding diaryl/α,β-unsaturated/α-hetero) is 1. The van der Waals surface area contributed by atoms with Gasteiger partial charge in [-0.05, 0) is 108 Å². The largest absolute Gasteiger partial charge is 1.00 e. The van der Waals surface area contributed by atoms with Crippen molar-refractivity contribution in [2.45, 2.75) is 34.1 Å². The summed E-state index contributed by atoms with van der Waals surface area (Å²) in [6, 6.07) is 23.8. The summed E-state index contributed by atoms with van der Waals surface area (Å²) in [7, 11) is 5.46. The van der Waals surface area contributed by atoms with E-state index >= 15 is 0 Å². The number of carbonyl (C=O) groups is 4. The number of likely N-dealkylation sites (N-methyl/N-ethyl adjacent to an activating group) is 3. The minimum Gasteiger partial charge on any atom is -1.00 e. The van der Waals surface area contributed by atoms with Gasteiger partial charge in [-0.3, -0.25) is 33.4 Å². The fourth-order valence-corrected chi connectivity index (χ4v) is 9.74. The van der Waals surface area contributed by atoms with E-state index in [1.807, 2.05) is 110 Å². The number of ketones is 1. The van der Waals surface area contributed by atoms with E-state index < -0.39 is 7.15 Å². The molecule has 4 aromatic rings. The fourth-order valence-electron chi connectivity index (χ4n) is 9.57. The molecule has 0 radical (unpaired) electrons. The van der Waals surface area contributed by atoms with E-state index in [2.05, 4.69) is 66.9 Å². The maximum atomic E-state index is 12.2. The second-order valence-electron chi connectivity index (χ2n) is 20.9. The third kappa shape index (κ3) is 23.6. The van der Waals surface area contributed by atoms with Gasteiger partial charge in [-0.15, -0.1) is 23.2 Å². The average molecular weight is 1270 g/mol. The van der Waals surface area contributed by atoms with Gasteiger partial charge in [-0.2, -0.15) is 0 Å². The summed E-state index contributed by atoms with van der Waals surface area (Å²) in [4.78, 5) is 64.3. The molecular weight excluding hydrogens is 1180 g/mol. The maximum Gasteiger partial charge on any atom is 1.00 e. The van der Waals surface area contributed by atoms with Crippen molar-refractivity contribution in [3.05, 3.63) is 101 Å². The second kappa shape index (κ2) is 38.1. The molecular formula is C61H88BrCl2FN9NaO8. The van der Waals surface area contributed by atoms with E-state index in [1.165, 1.54) is 18.7 Å². The van der Waals surface area contributed by atoms with Crippen molar-refractivity contribution >= 4 is 79.7 Å². The van der Waals surface area contributed by atoms with E-state index in [-0.39, 0.29) is 80.9 Å². The molecule has 0 atom stereocenters. The standard InChI is InChI=1S/2C16H23N3O2.C11H12ClNO2.C10H10O2.C5H12N2.C2H4BrCl.CH3F.Na.H/c2*1-13-3-4-15-14(11-13)19(16(20)12-21-15)10-9-18-7-5-17(2)6-8-18;1-8-2-3-10-9(6-8)13(5-4-12)11(14)7-15-10;1-7-2-3-10-8(4-7)5-9(11)6-12-10;1-7-4-2-6-3-5-7;3-1-2-4;1-2;;/h2*3-4,11H,5-10,12H2,1-2H3;2-3,6H,4-5,7H2,1H3;2-4H,5-6H2,1H3;6H,2-5H2,1H3;1-2H2;1H3;;/q;;;;;;;+1;-1/i;;;;;;1D;;. The van der Waals surface area contributed by atoms with Gasteiger partial charge in [0.2, 0.25) is 0 Å². The zero-order valence-electron chi connectivity index (χ0n) is 52.2. The molecule has 1 N–H and O–H groups in total. The van der Waals surface area contributed by atoms with Crippen LogP contribution in [0.15, 0.2) is 72.8 Å². The molecule has 454 valence electrons. The van der Waals surface area contributed by atoms with Crippen LogP contribution < -0.4 is 68.5 Å². The van der Waals surface area contributed by atoms with Crippen molar-refractivity contribution in [3.63, 3.8) is 0 Å². The number of benzene rings is 4. The molecule has 22 heteroatoms. The number of nitrogens with one attached hydrogen (secondary N) is 1. The van der Waals surface area contributed by atoms with Crippen LogP contribution in [-0.2, 0) is 25.6 Å². The third-order valence-electron chi connectivity index (χ3n) is 14.4. The Balaban J connectivity index is 0.000000278. The number of halogens is 4. The Hall–Kier alpha value is -4.09. The number of ether oxygens (including phenoxy) is 4. The van der Waals surface area contributed by atoms with Crippen LogP contribution in [0.3, 0.4) is 0 Å². The van der Waals surface area contributed by atoms with Gasteiger partial charge in [0.25, 0.3) is 17.7 Å². The number of nitrogens with zero attached hydrogens (tertiary/aromatic N) is 8. The number of hydrogen-bond donors (Lipinski definition) is 1. The van der Waals surface area contributed by atoms with Crippen LogP contribution in [-0.4, -0.2) is 231 Å². The fraction of sp³-hybridized carbons (Fsp3) is 0.541. The topological polar surface area (TPSA) is 143 Å². The number of alkyl halides is 4. The molecule has 83 heavy (non-hydrogen) atoms. The van der Waals surface area contributed by atoms with E-state index in [0.29, 0.717) is 24.7 Å². The molecule has 0 aliphatic carbocycles. The normalized spacial score (nSPS) is 17.9. The SMILES string of the molecule is CN1CCNCC1.Cc1ccc2c(c1)CC(=O)CO2.Cc1ccc2c(c1)N(CCCl)C(=O)CO2.Cc1ccc2c(c1)N(CCN1CCN(C)CC1)C(=O)CO2.Cc1ccc2c(c1)N(CCN1CCN(C)CC1)C(=O)CO2.ClCCBr.[2H]CF.[H-].[Na+]. The Kier molecular flexibility index (Phi) is 32.0. The minimum atomic E-state index is -1.00. The monoisotopic (exact) mass is 1270 g/mol. The predicted molar refractivity (Wildman–Crippen MR) is 334 cm³/mol. The van der Waals surface area contributed by atoms with Gasteiger partial charge in [-0.25, -0.2) is 0 Å². The number of carbonyl (C=O) groups excluding carboxylic acids is 4. The summed E-state index contributed by atoms with van der Waals surface area (Å²) in [5.41, 5.74) is 8.26. The van der Waals surface area contributed by atoms with Gasteiger partial charge >= 0.3 is 29.6 Å². The van der Waals surface area contributed by atoms with Crippen molar-refractivity contribution in [2.24, 2.45) is 0 Å². The summed E-state index contributed by atoms with van der Waals surface area (Å²) in [6.45, 7) is 26.0. The number of rotatable bonds is 9. The quantitative estimate of drug-likeness (QED) is 0.189. The predicted octanol–water partition coefficient (Wildman–Crippen LogP) is 4.24. The third-order valence-corrected chi connectivity index (χ3v) is 15.6. The number of piperazine rings is 3. The molecule has 0 spiro atoms. The molecule has 0 unspecified atom stereocenters. The first-order valence-electron chi connectivity index (χ1n) is 28.8. The molecule has 7 aliphatic rings. The van der Waals surface area contributed by atoms with Crippen LogP contribution in [0.25, 0.3) is 0 Å². The van der Waals surface area contributed by atoms with E-state index in [4.69, 9.17) is 43.5 Å². The number of amides is 3. The first kappa shape index (κ1) is 69.7. The van der Waals surface area contributed by atoms with E-state index in [9.17, 15) is 23.6 Å². The number of aryl methyl sites for hydroxylation is 4. The Labute approximate surface area is 536 Å². The molecule has 0 saturated carbocycles. The zero-order chi connectivity index (χ0) is 60.3. The first-order valence-corrected chi connectivity index (χ1v) is 30.3. The van der Waals surface area contributed by atoms with Gasteiger partial charge in [-0.1, -0.05) is 51.8 Å². The van der Waals surface area contributed by atoms with E-state index in [0.717, 1.165) is 159 Å². The first-order chi connectivity index (χ1) is 40.0. The Morgan fingerprint density at radius 1 is 0.518 bits per heavy atom. The van der Waals surface area contributed by atoms with Crippen LogP contribution in [0.1, 0.15) is 30.6 Å². The maximum absolute atomic E-state index is 12.2. The molecule has 17 nitrogen and oxygen atoms in total. The Morgan fingerprint density at radius 3 is 1.20 bits per heavy atom. The minimum absolute atomic E-state index is 0. The van der Waals surface area contributed by atoms with Crippen molar-refractivity contribution in [3.8, 4) is 23.0 Å². The zero-order valence-corrected chi connectivity index (χ0v) is 55.3. The molecule has 0 aromatic heterocycles. The van der Waals surface area contributed by atoms with E-state index in [1.54, 1.807) is 4.90 Å². The van der Waals surface area contributed by atoms with Crippen LogP contribution in [0.2, 0.25) is 0 Å². The molecule has 11 rings (SSSR count). The Bertz CT molecular complexity index is 2580. The summed E-state index contributed by atoms with van der Waals surface area (Å²) >= 11 is 13.9. The summed E-state index contributed by atoms with van der Waals surface area (Å²) in [6.07, 6.45) is 0.525. The van der Waals surface area contributed by atoms with Gasteiger partial charge in [0.1, 0.15) is 29.6 Å². The van der Waals surface area contributed by atoms with Gasteiger partial charge in [0.15, 0.2) is 25.6 Å². The Morgan fingerprint density at radius 2 is 0.855 bits per heavy atom. The summed E-state index contributed by atoms with van der Waals surface area (Å²) < 4.78 is 37.1. The number of hydrogen-bond acceptors (Lipinski definition) is 14. The molecule has 4 aromatic carbocycles. The molecule has 7 aliphatic heterocycles. The second-order valence-corrected chi connectivity index (χ2v) is 22.5. The van der Waals surface area contributed by atoms with Crippen LogP contribution in [0.4, 0.5) is 21.5 Å².